The van der Waals surface area contributed by atoms with E-state index < -0.39 is 0 Å². The maximum absolute atomic E-state index is 5.86. The van der Waals surface area contributed by atoms with E-state index in [-0.39, 0.29) is 38.0 Å². The molecule has 0 bridgehead atoms. The SMILES string of the molecule is Cc1ccc(C2[C-]=Cc3c(-c4cccc5ccccc45)cccc32)o1.Cc1ccc(C2[C-]=Cc3c(-c4cccc5ccccc45)cccc32)o1.[Zr+2]. The minimum atomic E-state index is 0. The summed E-state index contributed by atoms with van der Waals surface area (Å²) in [6.07, 6.45) is 11.2. The molecule has 0 saturated heterocycles. The van der Waals surface area contributed by atoms with Crippen molar-refractivity contribution >= 4 is 33.7 Å². The molecule has 0 fully saturated rings. The number of hydrogen-bond acceptors (Lipinski definition) is 2. The topological polar surface area (TPSA) is 26.3 Å². The van der Waals surface area contributed by atoms with Gasteiger partial charge in [0, 0.05) is 0 Å². The van der Waals surface area contributed by atoms with Crippen LogP contribution in [0.3, 0.4) is 0 Å². The number of aryl methyl sites for hydroxylation is 2. The fourth-order valence-electron chi connectivity index (χ4n) is 7.58. The fourth-order valence-corrected chi connectivity index (χ4v) is 7.58. The van der Waals surface area contributed by atoms with Crippen molar-refractivity contribution in [2.24, 2.45) is 0 Å². The van der Waals surface area contributed by atoms with Crippen LogP contribution in [0.1, 0.15) is 57.1 Å². The second-order valence-electron chi connectivity index (χ2n) is 13.1. The van der Waals surface area contributed by atoms with Gasteiger partial charge in [-0.05, 0) is 82.6 Å². The van der Waals surface area contributed by atoms with Gasteiger partial charge in [0.1, 0.15) is 11.5 Å². The van der Waals surface area contributed by atoms with Crippen molar-refractivity contribution < 1.29 is 35.0 Å². The van der Waals surface area contributed by atoms with Gasteiger partial charge >= 0.3 is 26.2 Å². The molecule has 2 heterocycles. The Kier molecular flexibility index (Phi) is 8.93. The van der Waals surface area contributed by atoms with E-state index in [0.29, 0.717) is 0 Å². The van der Waals surface area contributed by atoms with Crippen molar-refractivity contribution in [3.8, 4) is 22.3 Å². The van der Waals surface area contributed by atoms with Gasteiger partial charge in [-0.15, -0.1) is 11.1 Å². The average molecular weight is 734 g/mol. The Labute approximate surface area is 317 Å². The zero-order chi connectivity index (χ0) is 33.6. The van der Waals surface area contributed by atoms with Crippen molar-refractivity contribution in [3.05, 3.63) is 203 Å². The smallest absolute Gasteiger partial charge is 0.467 e. The van der Waals surface area contributed by atoms with Gasteiger partial charge in [0.25, 0.3) is 0 Å². The predicted molar refractivity (Wildman–Crippen MR) is 205 cm³/mol. The molecule has 0 N–H and O–H groups in total. The molecule has 0 spiro atoms. The van der Waals surface area contributed by atoms with Gasteiger partial charge in [0.05, 0.1) is 11.5 Å². The minimum absolute atomic E-state index is 0. The van der Waals surface area contributed by atoms with Gasteiger partial charge < -0.3 is 8.83 Å². The maximum Gasteiger partial charge on any atom is 2.00 e. The molecule has 0 amide bonds. The Bertz CT molecular complexity index is 2410. The van der Waals surface area contributed by atoms with Crippen LogP contribution in [0.5, 0.6) is 0 Å². The number of rotatable bonds is 4. The summed E-state index contributed by atoms with van der Waals surface area (Å²) in [5, 5.41) is 5.09. The second kappa shape index (κ2) is 13.8. The Morgan fingerprint density at radius 1 is 0.412 bits per heavy atom. The first kappa shape index (κ1) is 32.9. The van der Waals surface area contributed by atoms with E-state index in [4.69, 9.17) is 8.83 Å². The van der Waals surface area contributed by atoms with Crippen LogP contribution in [0.2, 0.25) is 0 Å². The van der Waals surface area contributed by atoms with Crippen LogP contribution in [0.25, 0.3) is 56.0 Å². The van der Waals surface area contributed by atoms with Crippen molar-refractivity contribution in [2.75, 3.05) is 0 Å². The van der Waals surface area contributed by atoms with Crippen LogP contribution in [0.4, 0.5) is 0 Å². The molecule has 8 aromatic rings. The summed E-state index contributed by atoms with van der Waals surface area (Å²) in [5.41, 5.74) is 10.1. The molecule has 0 radical (unpaired) electrons. The summed E-state index contributed by atoms with van der Waals surface area (Å²) in [6, 6.07) is 51.3. The number of allylic oxidation sites excluding steroid dienone is 2. The first-order valence-electron chi connectivity index (χ1n) is 17.2. The quantitative estimate of drug-likeness (QED) is 0.168. The summed E-state index contributed by atoms with van der Waals surface area (Å²) >= 11 is 0. The normalized spacial score (nSPS) is 15.3. The first-order chi connectivity index (χ1) is 24.6. The monoisotopic (exact) mass is 732 g/mol. The molecule has 2 atom stereocenters. The van der Waals surface area contributed by atoms with E-state index in [0.717, 1.165) is 23.0 Å². The molecule has 2 aromatic heterocycles. The van der Waals surface area contributed by atoms with Crippen LogP contribution < -0.4 is 0 Å². The number of benzene rings is 6. The average Bonchev–Trinajstić information content (AvgIpc) is 3.98. The summed E-state index contributed by atoms with van der Waals surface area (Å²) < 4.78 is 11.7. The molecule has 6 aromatic carbocycles. The van der Waals surface area contributed by atoms with E-state index in [2.05, 4.69) is 158 Å². The molecular formula is C48H34O2Zr. The molecule has 242 valence electrons. The number of hydrogen-bond donors (Lipinski definition) is 0. The largest absolute Gasteiger partial charge is 2.00 e. The van der Waals surface area contributed by atoms with E-state index in [1.165, 1.54) is 66.1 Å². The zero-order valence-electron chi connectivity index (χ0n) is 28.5. The third-order valence-corrected chi connectivity index (χ3v) is 9.94. The van der Waals surface area contributed by atoms with Crippen LogP contribution in [0.15, 0.2) is 154 Å². The third-order valence-electron chi connectivity index (χ3n) is 9.94. The number of furan rings is 2. The van der Waals surface area contributed by atoms with E-state index >= 15 is 0 Å². The minimum Gasteiger partial charge on any atom is -0.467 e. The molecule has 0 saturated carbocycles. The molecule has 2 aliphatic rings. The molecule has 3 heteroatoms. The van der Waals surface area contributed by atoms with Crippen molar-refractivity contribution in [1.29, 1.82) is 0 Å². The van der Waals surface area contributed by atoms with Crippen molar-refractivity contribution in [2.45, 2.75) is 25.7 Å². The Morgan fingerprint density at radius 2 is 0.804 bits per heavy atom. The first-order valence-corrected chi connectivity index (χ1v) is 17.2. The van der Waals surface area contributed by atoms with Gasteiger partial charge in [-0.2, -0.15) is 11.1 Å². The van der Waals surface area contributed by atoms with Crippen molar-refractivity contribution in [1.82, 2.24) is 0 Å². The molecular weight excluding hydrogens is 700 g/mol. The van der Waals surface area contributed by atoms with Gasteiger partial charge in [-0.25, -0.2) is 12.2 Å². The number of fused-ring (bicyclic) bond motifs is 4. The molecule has 2 nitrogen and oxygen atoms in total. The Morgan fingerprint density at radius 3 is 1.24 bits per heavy atom. The van der Waals surface area contributed by atoms with Crippen molar-refractivity contribution in [3.63, 3.8) is 0 Å². The summed E-state index contributed by atoms with van der Waals surface area (Å²) in [6.45, 7) is 3.96. The van der Waals surface area contributed by atoms with E-state index in [9.17, 15) is 0 Å². The van der Waals surface area contributed by atoms with Crippen LogP contribution in [-0.2, 0) is 26.2 Å². The van der Waals surface area contributed by atoms with Crippen LogP contribution in [-0.4, -0.2) is 0 Å². The zero-order valence-corrected chi connectivity index (χ0v) is 30.9. The fraction of sp³-hybridized carbons (Fsp3) is 0.0833. The summed E-state index contributed by atoms with van der Waals surface area (Å²) in [4.78, 5) is 0. The summed E-state index contributed by atoms with van der Waals surface area (Å²) in [7, 11) is 0. The van der Waals surface area contributed by atoms with Crippen LogP contribution >= 0.6 is 0 Å². The van der Waals surface area contributed by atoms with E-state index in [1.54, 1.807) is 0 Å². The summed E-state index contributed by atoms with van der Waals surface area (Å²) in [5.74, 6) is 3.97. The van der Waals surface area contributed by atoms with Gasteiger partial charge in [-0.3, -0.25) is 12.2 Å². The maximum atomic E-state index is 5.86. The molecule has 2 unspecified atom stereocenters. The second-order valence-corrected chi connectivity index (χ2v) is 13.1. The van der Waals surface area contributed by atoms with Gasteiger partial charge in [0.2, 0.25) is 0 Å². The third kappa shape index (κ3) is 6.00. The Hall–Kier alpha value is -5.24. The molecule has 0 aliphatic heterocycles. The Balaban J connectivity index is 0.000000144. The van der Waals surface area contributed by atoms with Gasteiger partial charge in [0.15, 0.2) is 0 Å². The van der Waals surface area contributed by atoms with Crippen LogP contribution in [0, 0.1) is 26.0 Å². The van der Waals surface area contributed by atoms with Gasteiger partial charge in [-0.1, -0.05) is 132 Å². The standard InChI is InChI=1S/2C24H17O.Zr/c2*1-16-12-15-24(25-16)23-14-13-22-20(10-5-11-21(22)23)19-9-4-7-17-6-2-3-8-18(17)19;/h2*2-13,15,23H,1H3;/q2*-1;+2. The molecule has 10 rings (SSSR count). The molecule has 51 heavy (non-hydrogen) atoms. The van der Waals surface area contributed by atoms with E-state index in [1.807, 2.05) is 26.0 Å². The molecule has 2 aliphatic carbocycles. The predicted octanol–water partition coefficient (Wildman–Crippen LogP) is 12.7.